The minimum Gasteiger partial charge on any atom is -0.457 e. The first-order valence-corrected chi connectivity index (χ1v) is 10.7. The number of para-hydroxylation sites is 1. The van der Waals surface area contributed by atoms with Gasteiger partial charge in [-0.05, 0) is 48.5 Å². The van der Waals surface area contributed by atoms with Gasteiger partial charge < -0.3 is 9.64 Å². The summed E-state index contributed by atoms with van der Waals surface area (Å²) in [6.45, 7) is 2.26. The van der Waals surface area contributed by atoms with Crippen molar-refractivity contribution in [3.63, 3.8) is 0 Å². The predicted molar refractivity (Wildman–Crippen MR) is 110 cm³/mol. The Balaban J connectivity index is 1.39. The largest absolute Gasteiger partial charge is 0.457 e. The molecule has 0 aliphatic carbocycles. The molecular weight excluding hydrogens is 372 g/mol. The van der Waals surface area contributed by atoms with E-state index in [0.29, 0.717) is 31.1 Å². The van der Waals surface area contributed by atoms with Gasteiger partial charge in [-0.2, -0.15) is 4.31 Å². The molecule has 0 saturated carbocycles. The zero-order chi connectivity index (χ0) is 19.4. The maximum Gasteiger partial charge on any atom is 0.243 e. The van der Waals surface area contributed by atoms with Gasteiger partial charge >= 0.3 is 0 Å². The average molecular weight is 394 g/mol. The average Bonchev–Trinajstić information content (AvgIpc) is 2.76. The van der Waals surface area contributed by atoms with Crippen molar-refractivity contribution in [1.29, 1.82) is 0 Å². The van der Waals surface area contributed by atoms with Crippen molar-refractivity contribution >= 4 is 15.7 Å². The van der Waals surface area contributed by atoms with E-state index in [1.54, 1.807) is 28.6 Å². The lowest BCUT2D eigenvalue weighted by atomic mass is 10.2. The summed E-state index contributed by atoms with van der Waals surface area (Å²) in [4.78, 5) is 2.55. The molecule has 1 saturated heterocycles. The summed E-state index contributed by atoms with van der Waals surface area (Å²) in [6.07, 6.45) is 0. The number of ether oxygens (including phenoxy) is 1. The smallest absolute Gasteiger partial charge is 0.243 e. The van der Waals surface area contributed by atoms with Gasteiger partial charge in [0, 0.05) is 31.9 Å². The molecule has 0 spiro atoms. The molecular formula is C22H22N2O3S. The van der Waals surface area contributed by atoms with Crippen molar-refractivity contribution < 1.29 is 13.2 Å². The Morgan fingerprint density at radius 1 is 0.643 bits per heavy atom. The summed E-state index contributed by atoms with van der Waals surface area (Å²) in [5, 5.41) is 0. The van der Waals surface area contributed by atoms with Gasteiger partial charge in [0.05, 0.1) is 4.90 Å². The van der Waals surface area contributed by atoms with Crippen molar-refractivity contribution in [3.8, 4) is 11.5 Å². The molecule has 0 aromatic heterocycles. The molecule has 0 radical (unpaired) electrons. The number of benzene rings is 3. The molecule has 0 bridgehead atoms. The lowest BCUT2D eigenvalue weighted by Gasteiger charge is -2.35. The third-order valence-corrected chi connectivity index (χ3v) is 6.71. The lowest BCUT2D eigenvalue weighted by Crippen LogP contribution is -2.48. The number of sulfonamides is 1. The van der Waals surface area contributed by atoms with Crippen LogP contribution < -0.4 is 9.64 Å². The molecule has 3 aromatic rings. The van der Waals surface area contributed by atoms with Crippen LogP contribution in [0.3, 0.4) is 0 Å². The maximum absolute atomic E-state index is 12.7. The van der Waals surface area contributed by atoms with E-state index in [1.165, 1.54) is 0 Å². The summed E-state index contributed by atoms with van der Waals surface area (Å²) >= 11 is 0. The topological polar surface area (TPSA) is 49.9 Å². The van der Waals surface area contributed by atoms with Crippen molar-refractivity contribution in [1.82, 2.24) is 4.31 Å². The number of rotatable bonds is 5. The third-order valence-electron chi connectivity index (χ3n) is 4.80. The monoisotopic (exact) mass is 394 g/mol. The van der Waals surface area contributed by atoms with Crippen LogP contribution >= 0.6 is 0 Å². The number of hydrogen-bond donors (Lipinski definition) is 0. The summed E-state index contributed by atoms with van der Waals surface area (Å²) in [6, 6.07) is 26.2. The Kier molecular flexibility index (Phi) is 5.32. The van der Waals surface area contributed by atoms with Crippen molar-refractivity contribution in [2.24, 2.45) is 0 Å². The minimum atomic E-state index is -3.42. The fourth-order valence-electron chi connectivity index (χ4n) is 3.28. The van der Waals surface area contributed by atoms with E-state index in [4.69, 9.17) is 4.74 Å². The third kappa shape index (κ3) is 4.03. The Morgan fingerprint density at radius 3 is 1.79 bits per heavy atom. The highest BCUT2D eigenvalue weighted by molar-refractivity contribution is 7.89. The second kappa shape index (κ2) is 8.04. The maximum atomic E-state index is 12.7. The molecule has 1 heterocycles. The van der Waals surface area contributed by atoms with Gasteiger partial charge in [-0.15, -0.1) is 0 Å². The predicted octanol–water partition coefficient (Wildman–Crippen LogP) is 3.99. The summed E-state index contributed by atoms with van der Waals surface area (Å²) in [7, 11) is -3.42. The van der Waals surface area contributed by atoms with E-state index in [2.05, 4.69) is 4.90 Å². The Hall–Kier alpha value is -2.83. The first kappa shape index (κ1) is 18.5. The van der Waals surface area contributed by atoms with Crippen LogP contribution in [0, 0.1) is 0 Å². The SMILES string of the molecule is O=S(=O)(c1ccccc1)N1CCN(c2ccc(Oc3ccccc3)cc2)CC1. The van der Waals surface area contributed by atoms with Crippen LogP contribution in [0.25, 0.3) is 0 Å². The van der Waals surface area contributed by atoms with Crippen LogP contribution in [0.5, 0.6) is 11.5 Å². The standard InChI is InChI=1S/C22H22N2O3S/c25-28(26,22-9-5-2-6-10-22)24-17-15-23(16-18-24)19-11-13-21(14-12-19)27-20-7-3-1-4-8-20/h1-14H,15-18H2. The van der Waals surface area contributed by atoms with E-state index in [0.717, 1.165) is 17.2 Å². The number of anilines is 1. The van der Waals surface area contributed by atoms with E-state index in [-0.39, 0.29) is 0 Å². The molecule has 144 valence electrons. The highest BCUT2D eigenvalue weighted by atomic mass is 32.2. The number of hydrogen-bond acceptors (Lipinski definition) is 4. The fourth-order valence-corrected chi connectivity index (χ4v) is 4.72. The Bertz CT molecular complexity index is 999. The molecule has 1 aliphatic heterocycles. The lowest BCUT2D eigenvalue weighted by molar-refractivity contribution is 0.385. The minimum absolute atomic E-state index is 0.353. The van der Waals surface area contributed by atoms with Gasteiger partial charge in [-0.3, -0.25) is 0 Å². The number of piperazine rings is 1. The molecule has 3 aromatic carbocycles. The van der Waals surface area contributed by atoms with Gasteiger partial charge in [0.25, 0.3) is 0 Å². The van der Waals surface area contributed by atoms with Crippen molar-refractivity contribution in [2.45, 2.75) is 4.90 Å². The Labute approximate surface area is 165 Å². The van der Waals surface area contributed by atoms with E-state index in [9.17, 15) is 8.42 Å². The number of nitrogens with zero attached hydrogens (tertiary/aromatic N) is 2. The second-order valence-corrected chi connectivity index (χ2v) is 8.55. The van der Waals surface area contributed by atoms with Crippen LogP contribution in [-0.4, -0.2) is 38.9 Å². The second-order valence-electron chi connectivity index (χ2n) is 6.61. The molecule has 5 nitrogen and oxygen atoms in total. The van der Waals surface area contributed by atoms with Crippen LogP contribution in [0.1, 0.15) is 0 Å². The molecule has 0 amide bonds. The molecule has 28 heavy (non-hydrogen) atoms. The van der Waals surface area contributed by atoms with Crippen LogP contribution in [0.15, 0.2) is 89.8 Å². The van der Waals surface area contributed by atoms with Crippen LogP contribution in [-0.2, 0) is 10.0 Å². The molecule has 0 unspecified atom stereocenters. The van der Waals surface area contributed by atoms with E-state index >= 15 is 0 Å². The van der Waals surface area contributed by atoms with Gasteiger partial charge in [0.1, 0.15) is 11.5 Å². The first-order valence-electron chi connectivity index (χ1n) is 9.26. The zero-order valence-electron chi connectivity index (χ0n) is 15.4. The molecule has 1 aliphatic rings. The highest BCUT2D eigenvalue weighted by Gasteiger charge is 2.28. The van der Waals surface area contributed by atoms with Gasteiger partial charge in [0.15, 0.2) is 0 Å². The van der Waals surface area contributed by atoms with Gasteiger partial charge in [-0.25, -0.2) is 8.42 Å². The van der Waals surface area contributed by atoms with Crippen molar-refractivity contribution in [3.05, 3.63) is 84.9 Å². The first-order chi connectivity index (χ1) is 13.6. The molecule has 0 atom stereocenters. The summed E-state index contributed by atoms with van der Waals surface area (Å²) in [5.74, 6) is 1.58. The summed E-state index contributed by atoms with van der Waals surface area (Å²) in [5.41, 5.74) is 1.07. The van der Waals surface area contributed by atoms with Crippen molar-refractivity contribution in [2.75, 3.05) is 31.1 Å². The van der Waals surface area contributed by atoms with Gasteiger partial charge in [0.2, 0.25) is 10.0 Å². The van der Waals surface area contributed by atoms with E-state index < -0.39 is 10.0 Å². The molecule has 0 N–H and O–H groups in total. The quantitative estimate of drug-likeness (QED) is 0.657. The zero-order valence-corrected chi connectivity index (χ0v) is 16.3. The Morgan fingerprint density at radius 2 is 1.18 bits per heavy atom. The summed E-state index contributed by atoms with van der Waals surface area (Å²) < 4.78 is 32.9. The fraction of sp³-hybridized carbons (Fsp3) is 0.182. The van der Waals surface area contributed by atoms with Crippen LogP contribution in [0.4, 0.5) is 5.69 Å². The van der Waals surface area contributed by atoms with E-state index in [1.807, 2.05) is 60.7 Å². The van der Waals surface area contributed by atoms with Crippen LogP contribution in [0.2, 0.25) is 0 Å². The molecule has 1 fully saturated rings. The molecule has 4 rings (SSSR count). The molecule has 6 heteroatoms. The highest BCUT2D eigenvalue weighted by Crippen LogP contribution is 2.26. The normalized spacial score (nSPS) is 15.4. The van der Waals surface area contributed by atoms with Gasteiger partial charge in [-0.1, -0.05) is 36.4 Å².